The number of ether oxygens (including phenoxy) is 2. The van der Waals surface area contributed by atoms with E-state index in [-0.39, 0.29) is 41.7 Å². The second kappa shape index (κ2) is 12.0. The van der Waals surface area contributed by atoms with Crippen molar-refractivity contribution in [1.29, 1.82) is 0 Å². The Labute approximate surface area is 233 Å². The Balaban J connectivity index is 1.36. The Hall–Kier alpha value is -2.44. The summed E-state index contributed by atoms with van der Waals surface area (Å²) in [5.74, 6) is -0.119. The molecule has 0 radical (unpaired) electrons. The fourth-order valence-corrected chi connectivity index (χ4v) is 7.72. The highest BCUT2D eigenvalue weighted by molar-refractivity contribution is 6.06. The van der Waals surface area contributed by atoms with E-state index in [0.29, 0.717) is 25.4 Å². The first-order valence-corrected chi connectivity index (χ1v) is 15.0. The van der Waals surface area contributed by atoms with Crippen LogP contribution < -0.4 is 0 Å². The lowest BCUT2D eigenvalue weighted by molar-refractivity contribution is -0.143. The number of fused-ring (bicyclic) bond motifs is 3. The van der Waals surface area contributed by atoms with E-state index >= 15 is 0 Å². The van der Waals surface area contributed by atoms with Gasteiger partial charge in [-0.2, -0.15) is 0 Å². The number of phenolic OH excluding ortho intramolecular Hbond substituents is 1. The number of benzene rings is 1. The minimum Gasteiger partial charge on any atom is -0.507 e. The third kappa shape index (κ3) is 5.47. The summed E-state index contributed by atoms with van der Waals surface area (Å²) in [5, 5.41) is 10.2. The van der Waals surface area contributed by atoms with Crippen LogP contribution >= 0.6 is 0 Å². The van der Waals surface area contributed by atoms with E-state index in [4.69, 9.17) is 9.47 Å². The summed E-state index contributed by atoms with van der Waals surface area (Å²) < 4.78 is 12.0. The number of methoxy groups -OCH3 is 1. The second-order valence-corrected chi connectivity index (χ2v) is 12.2. The minimum atomic E-state index is -0.284. The van der Waals surface area contributed by atoms with Crippen LogP contribution in [0.3, 0.4) is 0 Å². The fourth-order valence-electron chi connectivity index (χ4n) is 7.72. The number of aryl methyl sites for hydroxylation is 2. The predicted molar refractivity (Wildman–Crippen MR) is 152 cm³/mol. The number of nitrogens with zero attached hydrogens (tertiary/aromatic N) is 1. The van der Waals surface area contributed by atoms with Gasteiger partial charge in [-0.15, -0.1) is 0 Å². The van der Waals surface area contributed by atoms with Crippen molar-refractivity contribution in [3.63, 3.8) is 0 Å². The number of amides is 2. The smallest absolute Gasteiger partial charge is 0.234 e. The highest BCUT2D eigenvalue weighted by atomic mass is 16.5. The van der Waals surface area contributed by atoms with Gasteiger partial charge in [-0.05, 0) is 92.3 Å². The molecular weight excluding hydrogens is 490 g/mol. The molecule has 1 aromatic carbocycles. The summed E-state index contributed by atoms with van der Waals surface area (Å²) in [6, 6.07) is 4.16. The van der Waals surface area contributed by atoms with E-state index in [1.165, 1.54) is 23.1 Å². The van der Waals surface area contributed by atoms with Crippen LogP contribution in [0.4, 0.5) is 0 Å². The number of hydrogen-bond acceptors (Lipinski definition) is 5. The molecule has 3 fully saturated rings. The van der Waals surface area contributed by atoms with Crippen LogP contribution in [0.2, 0.25) is 0 Å². The zero-order valence-electron chi connectivity index (χ0n) is 24.1. The van der Waals surface area contributed by atoms with E-state index in [9.17, 15) is 14.7 Å². The molecule has 0 unspecified atom stereocenters. The van der Waals surface area contributed by atoms with Crippen LogP contribution in [-0.2, 0) is 19.1 Å². The number of aromatic hydroxyl groups is 1. The standard InChI is InChI=1S/C33H45NO5/c1-5-9-22(16-23-14-20(2)31(35)21(3)15-23)12-13-28-29-24(18-38-4)17-26-30(27(29)19-39-28)33(37)34(32(26)36)25-10-7-6-8-11-25/h14-16,25-28,30,35H,5-13,17-19H2,1-4H3/b22-16+/t26-,27+,28-,30-/m1/s1. The SMILES string of the molecule is CCC/C(=C\c1cc(C)c(O)c(C)c1)CC[C@H]1OC[C@H]2C1=C(COC)C[C@H]1C(=O)N(C3CCCCC3)C(=O)[C@H]12. The van der Waals surface area contributed by atoms with Gasteiger partial charge in [0.25, 0.3) is 0 Å². The minimum absolute atomic E-state index is 0.0232. The Bertz CT molecular complexity index is 1140. The molecule has 1 saturated carbocycles. The molecule has 39 heavy (non-hydrogen) atoms. The van der Waals surface area contributed by atoms with Crippen LogP contribution in [0.1, 0.15) is 87.8 Å². The van der Waals surface area contributed by atoms with Crippen molar-refractivity contribution in [1.82, 2.24) is 4.90 Å². The molecule has 0 aromatic heterocycles. The van der Waals surface area contributed by atoms with Gasteiger partial charge in [0.1, 0.15) is 5.75 Å². The molecule has 2 aliphatic heterocycles. The maximum Gasteiger partial charge on any atom is 0.234 e. The van der Waals surface area contributed by atoms with Gasteiger partial charge in [-0.25, -0.2) is 0 Å². The van der Waals surface area contributed by atoms with Crippen molar-refractivity contribution < 1.29 is 24.2 Å². The predicted octanol–water partition coefficient (Wildman–Crippen LogP) is 6.27. The summed E-state index contributed by atoms with van der Waals surface area (Å²) >= 11 is 0. The summed E-state index contributed by atoms with van der Waals surface area (Å²) in [5.41, 5.74) is 6.67. The summed E-state index contributed by atoms with van der Waals surface area (Å²) in [4.78, 5) is 29.0. The van der Waals surface area contributed by atoms with E-state index in [2.05, 4.69) is 13.0 Å². The second-order valence-electron chi connectivity index (χ2n) is 12.2. The molecule has 212 valence electrons. The van der Waals surface area contributed by atoms with Crippen molar-refractivity contribution in [2.45, 2.75) is 97.1 Å². The molecule has 1 aromatic rings. The molecule has 2 amide bonds. The van der Waals surface area contributed by atoms with Crippen LogP contribution in [-0.4, -0.2) is 54.3 Å². The highest BCUT2D eigenvalue weighted by Crippen LogP contribution is 2.51. The lowest BCUT2D eigenvalue weighted by Gasteiger charge is -2.31. The number of imide groups is 1. The Morgan fingerprint density at radius 2 is 1.79 bits per heavy atom. The molecule has 4 aliphatic rings. The van der Waals surface area contributed by atoms with E-state index in [1.807, 2.05) is 26.0 Å². The maximum atomic E-state index is 13.8. The molecule has 0 spiro atoms. The van der Waals surface area contributed by atoms with Gasteiger partial charge >= 0.3 is 0 Å². The summed E-state index contributed by atoms with van der Waals surface area (Å²) in [6.45, 7) is 7.08. The number of likely N-dealkylation sites (tertiary alicyclic amines) is 1. The van der Waals surface area contributed by atoms with Gasteiger partial charge in [0, 0.05) is 19.1 Å². The van der Waals surface area contributed by atoms with Gasteiger partial charge in [0.15, 0.2) is 0 Å². The first kappa shape index (κ1) is 28.1. The molecule has 2 heterocycles. The van der Waals surface area contributed by atoms with Crippen molar-refractivity contribution in [2.75, 3.05) is 20.3 Å². The van der Waals surface area contributed by atoms with Gasteiger partial charge < -0.3 is 14.6 Å². The molecule has 5 rings (SSSR count). The number of hydrogen-bond donors (Lipinski definition) is 1. The molecule has 0 bridgehead atoms. The lowest BCUT2D eigenvalue weighted by Crippen LogP contribution is -2.42. The molecule has 2 saturated heterocycles. The van der Waals surface area contributed by atoms with Gasteiger partial charge in [0.2, 0.25) is 11.8 Å². The van der Waals surface area contributed by atoms with E-state index < -0.39 is 0 Å². The number of allylic oxidation sites excluding steroid dienone is 1. The lowest BCUT2D eigenvalue weighted by atomic mass is 9.69. The van der Waals surface area contributed by atoms with Crippen LogP contribution in [0.15, 0.2) is 28.9 Å². The normalized spacial score (nSPS) is 27.9. The number of rotatable bonds is 9. The van der Waals surface area contributed by atoms with Crippen molar-refractivity contribution in [3.8, 4) is 5.75 Å². The highest BCUT2D eigenvalue weighted by Gasteiger charge is 2.58. The van der Waals surface area contributed by atoms with Crippen molar-refractivity contribution >= 4 is 17.9 Å². The zero-order chi connectivity index (χ0) is 27.7. The van der Waals surface area contributed by atoms with Crippen LogP contribution in [0, 0.1) is 31.6 Å². The average Bonchev–Trinajstić information content (AvgIpc) is 3.45. The van der Waals surface area contributed by atoms with Crippen molar-refractivity contribution in [3.05, 3.63) is 45.5 Å². The van der Waals surface area contributed by atoms with Crippen molar-refractivity contribution in [2.24, 2.45) is 17.8 Å². The van der Waals surface area contributed by atoms with Gasteiger partial charge in [0.05, 0.1) is 31.2 Å². The first-order valence-electron chi connectivity index (χ1n) is 15.0. The molecule has 2 aliphatic carbocycles. The molecule has 4 atom stereocenters. The third-order valence-corrected chi connectivity index (χ3v) is 9.48. The van der Waals surface area contributed by atoms with E-state index in [0.717, 1.165) is 68.1 Å². The monoisotopic (exact) mass is 535 g/mol. The largest absolute Gasteiger partial charge is 0.507 e. The Kier molecular flexibility index (Phi) is 8.63. The van der Waals surface area contributed by atoms with E-state index in [1.54, 1.807) is 12.0 Å². The molecular formula is C33H45NO5. The van der Waals surface area contributed by atoms with Gasteiger partial charge in [-0.3, -0.25) is 14.5 Å². The maximum absolute atomic E-state index is 13.8. The quantitative estimate of drug-likeness (QED) is 0.298. The molecule has 6 nitrogen and oxygen atoms in total. The summed E-state index contributed by atoms with van der Waals surface area (Å²) in [6.07, 6.45) is 11.9. The number of carbonyl (C=O) groups is 2. The zero-order valence-corrected chi connectivity index (χ0v) is 24.1. The van der Waals surface area contributed by atoms with Gasteiger partial charge in [-0.1, -0.05) is 44.3 Å². The topological polar surface area (TPSA) is 76.1 Å². The van der Waals surface area contributed by atoms with Crippen LogP contribution in [0.5, 0.6) is 5.75 Å². The third-order valence-electron chi connectivity index (χ3n) is 9.48. The number of phenols is 1. The average molecular weight is 536 g/mol. The Morgan fingerprint density at radius 1 is 1.08 bits per heavy atom. The molecule has 1 N–H and O–H groups in total. The Morgan fingerprint density at radius 3 is 2.46 bits per heavy atom. The first-order chi connectivity index (χ1) is 18.8. The molecule has 6 heteroatoms. The summed E-state index contributed by atoms with van der Waals surface area (Å²) in [7, 11) is 1.71. The number of carbonyl (C=O) groups excluding carboxylic acids is 2. The fraction of sp³-hybridized carbons (Fsp3) is 0.636. The van der Waals surface area contributed by atoms with Crippen LogP contribution in [0.25, 0.3) is 6.08 Å².